The van der Waals surface area contributed by atoms with Gasteiger partial charge in [-0.2, -0.15) is 0 Å². The third-order valence-corrected chi connectivity index (χ3v) is 16.7. The first-order valence-electron chi connectivity index (χ1n) is 23.0. The molecule has 0 amide bonds. The molecule has 0 fully saturated rings. The van der Waals surface area contributed by atoms with Crippen LogP contribution >= 0.6 is 0 Å². The maximum absolute atomic E-state index is 9.38. The average Bonchev–Trinajstić information content (AvgIpc) is 3.89. The van der Waals surface area contributed by atoms with E-state index in [9.17, 15) is 1.37 Å². The number of benzene rings is 6. The summed E-state index contributed by atoms with van der Waals surface area (Å²) in [6, 6.07) is 60.8. The first-order valence-corrected chi connectivity index (χ1v) is 29.9. The minimum Gasteiger partial charge on any atom is 0 e. The van der Waals surface area contributed by atoms with Gasteiger partial charge in [0.15, 0.2) is 0 Å². The van der Waals surface area contributed by atoms with E-state index in [2.05, 4.69) is 177 Å². The van der Waals surface area contributed by atoms with Crippen molar-refractivity contribution in [3.8, 4) is 39.5 Å². The number of furan rings is 1. The molecule has 0 aliphatic rings. The summed E-state index contributed by atoms with van der Waals surface area (Å²) in [7, 11) is 0. The van der Waals surface area contributed by atoms with Crippen LogP contribution in [0.5, 0.6) is 0 Å². The van der Waals surface area contributed by atoms with Crippen LogP contribution in [0.4, 0.5) is 0 Å². The normalized spacial score (nSPS) is 13.4. The molecule has 0 aliphatic carbocycles. The molecule has 5 nitrogen and oxygen atoms in total. The van der Waals surface area contributed by atoms with Crippen LogP contribution in [0, 0.1) is 19.1 Å². The SMILES string of the molecule is Cc1ccc2c(n1)oc1c(-c3nc4ccccc4n3-c3c(-c4ccccc4)cccc3C(C)(C)C)[c-]ccc12.[2H]C(C)(c1cc(-c2[c-]cccc2)nc[c]1[Ge]([CH3])([CH3])[CH3])C(C)c1ccccc1.[Ir]. The molecule has 6 aromatic carbocycles. The molecule has 0 aliphatic heterocycles. The molecule has 0 bridgehead atoms. The Balaban J connectivity index is 0.000000192. The first kappa shape index (κ1) is 45.2. The van der Waals surface area contributed by atoms with Gasteiger partial charge in [0.05, 0.1) is 28.1 Å². The molecule has 7 heteroatoms. The van der Waals surface area contributed by atoms with E-state index in [1.165, 1.54) is 15.5 Å². The molecule has 0 N–H and O–H groups in total. The van der Waals surface area contributed by atoms with Crippen molar-refractivity contribution in [1.82, 2.24) is 19.5 Å². The number of rotatable bonds is 8. The van der Waals surface area contributed by atoms with Crippen molar-refractivity contribution in [3.63, 3.8) is 0 Å². The topological polar surface area (TPSA) is 56.7 Å². The van der Waals surface area contributed by atoms with Crippen LogP contribution in [-0.4, -0.2) is 32.8 Å². The maximum atomic E-state index is 9.38. The van der Waals surface area contributed by atoms with Gasteiger partial charge in [0, 0.05) is 36.7 Å². The van der Waals surface area contributed by atoms with Crippen LogP contribution in [0.25, 0.3) is 72.6 Å². The molecule has 4 aromatic heterocycles. The molecule has 2 unspecified atom stereocenters. The number of hydrogen-bond acceptors (Lipinski definition) is 4. The predicted molar refractivity (Wildman–Crippen MR) is 274 cm³/mol. The summed E-state index contributed by atoms with van der Waals surface area (Å²) in [5.74, 6) is 7.26. The van der Waals surface area contributed by atoms with Gasteiger partial charge in [0.1, 0.15) is 0 Å². The zero-order valence-electron chi connectivity index (χ0n) is 40.2. The van der Waals surface area contributed by atoms with Gasteiger partial charge in [-0.3, -0.25) is 4.98 Å². The van der Waals surface area contributed by atoms with Crippen molar-refractivity contribution in [2.24, 2.45) is 0 Å². The summed E-state index contributed by atoms with van der Waals surface area (Å²) >= 11 is -2.20. The number of imidazole rings is 1. The average molecular weight is 1100 g/mol. The van der Waals surface area contributed by atoms with Gasteiger partial charge in [-0.25, -0.2) is 4.98 Å². The monoisotopic (exact) mass is 1100 g/mol. The fourth-order valence-corrected chi connectivity index (χ4v) is 12.1. The number of nitrogens with zero attached hydrogens (tertiary/aromatic N) is 4. The zero-order valence-corrected chi connectivity index (χ0v) is 43.7. The second-order valence-electron chi connectivity index (χ2n) is 19.0. The van der Waals surface area contributed by atoms with Crippen molar-refractivity contribution in [2.75, 3.05) is 0 Å². The summed E-state index contributed by atoms with van der Waals surface area (Å²) < 4.78 is 19.4. The van der Waals surface area contributed by atoms with E-state index in [1.54, 1.807) is 0 Å². The predicted octanol–water partition coefficient (Wildman–Crippen LogP) is 15.1. The van der Waals surface area contributed by atoms with Crippen LogP contribution in [0.2, 0.25) is 17.3 Å². The molecule has 333 valence electrons. The van der Waals surface area contributed by atoms with E-state index < -0.39 is 19.2 Å². The fourth-order valence-electron chi connectivity index (χ4n) is 8.85. The summed E-state index contributed by atoms with van der Waals surface area (Å²) in [6.07, 6.45) is 2.04. The van der Waals surface area contributed by atoms with Crippen LogP contribution in [-0.2, 0) is 25.5 Å². The van der Waals surface area contributed by atoms with Gasteiger partial charge in [-0.1, -0.05) is 92.4 Å². The molecule has 0 saturated heterocycles. The van der Waals surface area contributed by atoms with Crippen LogP contribution in [0.15, 0.2) is 168 Å². The van der Waals surface area contributed by atoms with Gasteiger partial charge in [0.25, 0.3) is 0 Å². The Bertz CT molecular complexity index is 3330. The summed E-state index contributed by atoms with van der Waals surface area (Å²) in [6.45, 7) is 13.0. The Morgan fingerprint density at radius 2 is 1.44 bits per heavy atom. The minimum absolute atomic E-state index is 0. The van der Waals surface area contributed by atoms with Crippen LogP contribution < -0.4 is 4.40 Å². The zero-order chi connectivity index (χ0) is 46.4. The van der Waals surface area contributed by atoms with Gasteiger partial charge >= 0.3 is 162 Å². The van der Waals surface area contributed by atoms with E-state index in [4.69, 9.17) is 14.4 Å². The van der Waals surface area contributed by atoms with Crippen molar-refractivity contribution in [3.05, 3.63) is 198 Å². The Morgan fingerprint density at radius 1 is 0.727 bits per heavy atom. The number of pyridine rings is 2. The van der Waals surface area contributed by atoms with Gasteiger partial charge in [-0.15, -0.1) is 18.2 Å². The Kier molecular flexibility index (Phi) is 13.1. The molecule has 66 heavy (non-hydrogen) atoms. The molecule has 10 aromatic rings. The largest absolute Gasteiger partial charge is 0 e. The van der Waals surface area contributed by atoms with Gasteiger partial charge in [-0.05, 0) is 47.7 Å². The van der Waals surface area contributed by atoms with Crippen molar-refractivity contribution in [2.45, 2.75) is 76.0 Å². The van der Waals surface area contributed by atoms with Crippen molar-refractivity contribution >= 4 is 50.8 Å². The number of aromatic nitrogens is 4. The summed E-state index contributed by atoms with van der Waals surface area (Å²) in [4.78, 5) is 14.6. The maximum Gasteiger partial charge on any atom is 0 e. The molecular weight excluding hydrogens is 1050 g/mol. The number of fused-ring (bicyclic) bond motifs is 4. The van der Waals surface area contributed by atoms with Crippen molar-refractivity contribution < 1.29 is 25.9 Å². The fraction of sp³-hybridized carbons (Fsp3) is 0.203. The van der Waals surface area contributed by atoms with E-state index in [1.807, 2.05) is 67.7 Å². The van der Waals surface area contributed by atoms with E-state index in [0.29, 0.717) is 5.71 Å². The van der Waals surface area contributed by atoms with Gasteiger partial charge in [0.2, 0.25) is 5.71 Å². The smallest absolute Gasteiger partial charge is 0 e. The van der Waals surface area contributed by atoms with Crippen LogP contribution in [0.1, 0.15) is 70.2 Å². The minimum atomic E-state index is -2.20. The van der Waals surface area contributed by atoms with Gasteiger partial charge < -0.3 is 8.98 Å². The molecule has 4 heterocycles. The molecule has 10 rings (SSSR count). The quantitative estimate of drug-likeness (QED) is 0.112. The summed E-state index contributed by atoms with van der Waals surface area (Å²) in [5.41, 5.74) is 13.8. The summed E-state index contributed by atoms with van der Waals surface area (Å²) in [5, 5.41) is 2.01. The Morgan fingerprint density at radius 3 is 2.15 bits per heavy atom. The number of hydrogen-bond donors (Lipinski definition) is 0. The number of aryl methyl sites for hydroxylation is 1. The standard InChI is InChI=1S/C35H28N3O.C24H28GeN.Ir/c1-22-20-21-26-25-15-10-16-27(32(25)39-34(26)36-22)33-37-29-18-8-9-19-30(29)38(33)31-24(23-12-6-5-7-13-23)14-11-17-28(31)35(2,3)4;1-18(20-12-8-6-9-13-20)19(2)22-16-24(21-14-10-7-11-15-21)26-17-23(22)25(3,4)5;/h5-15,17-21H,1-4H3;6-14,16-19H,1-5H3;/q2*-1;/i;19D;. The third-order valence-electron chi connectivity index (χ3n) is 12.4. The Hall–Kier alpha value is -5.92. The second-order valence-corrected chi connectivity index (χ2v) is 29.6. The molecule has 0 spiro atoms. The second kappa shape index (κ2) is 19.1. The molecular formula is C59H56GeIrN4O-2. The van der Waals surface area contributed by atoms with Crippen LogP contribution in [0.3, 0.4) is 0 Å². The van der Waals surface area contributed by atoms with E-state index in [-0.39, 0.29) is 31.4 Å². The van der Waals surface area contributed by atoms with E-state index in [0.717, 1.165) is 78.1 Å². The Labute approximate surface area is 407 Å². The third kappa shape index (κ3) is 9.24. The number of para-hydroxylation sites is 3. The first-order chi connectivity index (χ1) is 31.6. The molecule has 1 radical (unpaired) electrons. The van der Waals surface area contributed by atoms with E-state index >= 15 is 0 Å². The molecule has 0 saturated carbocycles. The molecule has 2 atom stereocenters. The van der Waals surface area contributed by atoms with Crippen molar-refractivity contribution in [1.29, 1.82) is 0 Å².